The fourth-order valence-electron chi connectivity index (χ4n) is 5.28. The number of aromatic nitrogens is 5. The van der Waals surface area contributed by atoms with Crippen LogP contribution in [0.1, 0.15) is 42.2 Å². The summed E-state index contributed by atoms with van der Waals surface area (Å²) in [5.41, 5.74) is 9.65. The number of nitrogens with one attached hydrogen (secondary N) is 1. The van der Waals surface area contributed by atoms with Gasteiger partial charge in [0.2, 0.25) is 0 Å². The summed E-state index contributed by atoms with van der Waals surface area (Å²) in [6.07, 6.45) is 10.0. The van der Waals surface area contributed by atoms with Crippen LogP contribution in [-0.4, -0.2) is 37.8 Å². The SMILES string of the molecule is CNc1cc(-n2ccc3cc(C#N)cnc32)ncc1-c1nnc(C2CC3(CC(N)C3)C2)s1. The summed E-state index contributed by atoms with van der Waals surface area (Å²) in [5, 5.41) is 24.3. The van der Waals surface area contributed by atoms with Gasteiger partial charge in [0.15, 0.2) is 5.01 Å². The van der Waals surface area contributed by atoms with Crippen molar-refractivity contribution in [1.29, 1.82) is 5.26 Å². The standard InChI is InChI=1S/C23H22N8S/c1-26-18-5-19(31-3-2-14-4-13(10-24)11-28-20(14)31)27-12-17(18)22-30-29-21(32-22)15-6-23(7-15)8-16(25)9-23/h2-5,11-12,15-16H,6-9,25H2,1H3,(H,26,27). The highest BCUT2D eigenvalue weighted by Gasteiger charge is 2.52. The predicted molar refractivity (Wildman–Crippen MR) is 124 cm³/mol. The minimum atomic E-state index is 0.393. The maximum atomic E-state index is 9.10. The molecule has 6 rings (SSSR count). The molecule has 0 saturated heterocycles. The second-order valence-electron chi connectivity index (χ2n) is 8.99. The third-order valence-corrected chi connectivity index (χ3v) is 7.95. The number of nitrogens with zero attached hydrogens (tertiary/aromatic N) is 6. The molecular formula is C23H22N8S. The summed E-state index contributed by atoms with van der Waals surface area (Å²) in [6.45, 7) is 0. The van der Waals surface area contributed by atoms with E-state index in [1.54, 1.807) is 17.5 Å². The maximum Gasteiger partial charge on any atom is 0.151 e. The lowest BCUT2D eigenvalue weighted by Crippen LogP contribution is -2.52. The van der Waals surface area contributed by atoms with Crippen LogP contribution in [0, 0.1) is 16.7 Å². The van der Waals surface area contributed by atoms with Gasteiger partial charge in [-0.25, -0.2) is 9.97 Å². The van der Waals surface area contributed by atoms with Gasteiger partial charge in [-0.15, -0.1) is 10.2 Å². The third-order valence-electron chi connectivity index (χ3n) is 6.83. The van der Waals surface area contributed by atoms with Crippen molar-refractivity contribution in [3.8, 4) is 22.5 Å². The lowest BCUT2D eigenvalue weighted by molar-refractivity contribution is -0.00842. The van der Waals surface area contributed by atoms with Crippen LogP contribution < -0.4 is 11.1 Å². The van der Waals surface area contributed by atoms with Gasteiger partial charge in [0.1, 0.15) is 22.5 Å². The quantitative estimate of drug-likeness (QED) is 0.493. The van der Waals surface area contributed by atoms with Crippen molar-refractivity contribution in [3.05, 3.63) is 47.4 Å². The molecule has 0 bridgehead atoms. The van der Waals surface area contributed by atoms with Gasteiger partial charge in [-0.2, -0.15) is 5.26 Å². The van der Waals surface area contributed by atoms with E-state index in [0.717, 1.165) is 51.0 Å². The zero-order valence-electron chi connectivity index (χ0n) is 17.6. The van der Waals surface area contributed by atoms with Crippen molar-refractivity contribution in [3.63, 3.8) is 0 Å². The van der Waals surface area contributed by atoms with Gasteiger partial charge in [-0.3, -0.25) is 4.57 Å². The van der Waals surface area contributed by atoms with Crippen LogP contribution in [0.25, 0.3) is 27.4 Å². The largest absolute Gasteiger partial charge is 0.387 e. The van der Waals surface area contributed by atoms with Gasteiger partial charge < -0.3 is 11.1 Å². The van der Waals surface area contributed by atoms with Crippen molar-refractivity contribution in [2.24, 2.45) is 11.1 Å². The molecule has 160 valence electrons. The first-order chi connectivity index (χ1) is 15.6. The van der Waals surface area contributed by atoms with Crippen LogP contribution in [0.3, 0.4) is 0 Å². The molecule has 9 heteroatoms. The van der Waals surface area contributed by atoms with Crippen molar-refractivity contribution in [2.45, 2.75) is 37.6 Å². The summed E-state index contributed by atoms with van der Waals surface area (Å²) < 4.78 is 1.92. The molecule has 4 aromatic heterocycles. The summed E-state index contributed by atoms with van der Waals surface area (Å²) in [6, 6.07) is 8.28. The van der Waals surface area contributed by atoms with Crippen molar-refractivity contribution in [2.75, 3.05) is 12.4 Å². The Morgan fingerprint density at radius 1 is 1.19 bits per heavy atom. The molecule has 2 aliphatic rings. The van der Waals surface area contributed by atoms with E-state index in [1.165, 1.54) is 12.8 Å². The molecule has 4 aromatic rings. The first kappa shape index (κ1) is 19.3. The van der Waals surface area contributed by atoms with E-state index in [9.17, 15) is 0 Å². The Hall–Kier alpha value is -3.35. The number of hydrogen-bond acceptors (Lipinski definition) is 8. The Morgan fingerprint density at radius 3 is 2.78 bits per heavy atom. The fraction of sp³-hybridized carbons (Fsp3) is 0.348. The smallest absolute Gasteiger partial charge is 0.151 e. The lowest BCUT2D eigenvalue weighted by Gasteiger charge is -2.56. The maximum absolute atomic E-state index is 9.10. The molecule has 1 spiro atoms. The summed E-state index contributed by atoms with van der Waals surface area (Å²) >= 11 is 1.66. The van der Waals surface area contributed by atoms with Crippen LogP contribution in [0.5, 0.6) is 0 Å². The van der Waals surface area contributed by atoms with Gasteiger partial charge in [0.25, 0.3) is 0 Å². The summed E-state index contributed by atoms with van der Waals surface area (Å²) in [7, 11) is 1.89. The van der Waals surface area contributed by atoms with Gasteiger partial charge in [0.05, 0.1) is 11.1 Å². The van der Waals surface area contributed by atoms with Crippen LogP contribution in [-0.2, 0) is 0 Å². The first-order valence-corrected chi connectivity index (χ1v) is 11.5. The minimum absolute atomic E-state index is 0.393. The Bertz CT molecular complexity index is 1370. The highest BCUT2D eigenvalue weighted by atomic mass is 32.1. The van der Waals surface area contributed by atoms with E-state index >= 15 is 0 Å². The number of fused-ring (bicyclic) bond motifs is 1. The molecule has 2 aliphatic carbocycles. The fourth-order valence-corrected chi connectivity index (χ4v) is 6.25. The van der Waals surface area contributed by atoms with Gasteiger partial charge in [0, 0.05) is 54.7 Å². The summed E-state index contributed by atoms with van der Waals surface area (Å²) in [5.74, 6) is 1.26. The van der Waals surface area contributed by atoms with Crippen molar-refractivity contribution >= 4 is 28.1 Å². The molecule has 0 unspecified atom stereocenters. The molecule has 0 radical (unpaired) electrons. The topological polar surface area (TPSA) is 118 Å². The number of pyridine rings is 2. The molecule has 0 aliphatic heterocycles. The molecule has 3 N–H and O–H groups in total. The highest BCUT2D eigenvalue weighted by molar-refractivity contribution is 7.14. The van der Waals surface area contributed by atoms with Gasteiger partial charge >= 0.3 is 0 Å². The average Bonchev–Trinajstić information content (AvgIpc) is 3.41. The third kappa shape index (κ3) is 2.98. The lowest BCUT2D eigenvalue weighted by atomic mass is 9.50. The molecule has 2 fully saturated rings. The van der Waals surface area contributed by atoms with Gasteiger partial charge in [-0.1, -0.05) is 11.3 Å². The Labute approximate surface area is 189 Å². The number of nitrogens with two attached hydrogens (primary N) is 1. The zero-order chi connectivity index (χ0) is 21.9. The normalized spacial score (nSPS) is 24.2. The van der Waals surface area contributed by atoms with E-state index < -0.39 is 0 Å². The van der Waals surface area contributed by atoms with E-state index in [2.05, 4.69) is 31.6 Å². The molecule has 0 aromatic carbocycles. The second kappa shape index (κ2) is 7.08. The zero-order valence-corrected chi connectivity index (χ0v) is 18.4. The van der Waals surface area contributed by atoms with Crippen molar-refractivity contribution in [1.82, 2.24) is 24.7 Å². The number of rotatable bonds is 4. The molecule has 2 saturated carbocycles. The molecule has 32 heavy (non-hydrogen) atoms. The van der Waals surface area contributed by atoms with E-state index in [0.29, 0.717) is 22.9 Å². The number of hydrogen-bond donors (Lipinski definition) is 2. The average molecular weight is 443 g/mol. The molecule has 4 heterocycles. The molecule has 8 nitrogen and oxygen atoms in total. The van der Waals surface area contributed by atoms with E-state index in [4.69, 9.17) is 11.0 Å². The number of nitriles is 1. The van der Waals surface area contributed by atoms with E-state index in [-0.39, 0.29) is 0 Å². The Morgan fingerprint density at radius 2 is 2.03 bits per heavy atom. The van der Waals surface area contributed by atoms with Crippen LogP contribution in [0.4, 0.5) is 5.69 Å². The van der Waals surface area contributed by atoms with Crippen LogP contribution in [0.15, 0.2) is 36.8 Å². The van der Waals surface area contributed by atoms with E-state index in [1.807, 2.05) is 42.2 Å². The monoisotopic (exact) mass is 442 g/mol. The first-order valence-electron chi connectivity index (χ1n) is 10.7. The molecule has 0 amide bonds. The minimum Gasteiger partial charge on any atom is -0.387 e. The molecular weight excluding hydrogens is 420 g/mol. The van der Waals surface area contributed by atoms with Gasteiger partial charge in [-0.05, 0) is 43.2 Å². The highest BCUT2D eigenvalue weighted by Crippen LogP contribution is 2.61. The van der Waals surface area contributed by atoms with Crippen LogP contribution in [0.2, 0.25) is 0 Å². The Kier molecular flexibility index (Phi) is 4.28. The predicted octanol–water partition coefficient (Wildman–Crippen LogP) is 3.84. The number of anilines is 1. The summed E-state index contributed by atoms with van der Waals surface area (Å²) in [4.78, 5) is 9.13. The molecule has 0 atom stereocenters. The van der Waals surface area contributed by atoms with Crippen molar-refractivity contribution < 1.29 is 0 Å². The van der Waals surface area contributed by atoms with Crippen LogP contribution >= 0.6 is 11.3 Å². The Balaban J connectivity index is 1.28. The second-order valence-corrected chi connectivity index (χ2v) is 10.0.